The van der Waals surface area contributed by atoms with Gasteiger partial charge in [-0.1, -0.05) is 24.9 Å². The normalized spacial score (nSPS) is 16.4. The molecule has 24 heavy (non-hydrogen) atoms. The van der Waals surface area contributed by atoms with Crippen molar-refractivity contribution in [2.75, 3.05) is 6.61 Å². The van der Waals surface area contributed by atoms with Gasteiger partial charge in [-0.2, -0.15) is 0 Å². The van der Waals surface area contributed by atoms with Crippen molar-refractivity contribution in [3.05, 3.63) is 58.1 Å². The largest absolute Gasteiger partial charge is 0.348 e. The van der Waals surface area contributed by atoms with Gasteiger partial charge in [-0.25, -0.2) is 0 Å². The third-order valence-corrected chi connectivity index (χ3v) is 4.29. The van der Waals surface area contributed by atoms with E-state index in [0.717, 1.165) is 12.8 Å². The molecule has 0 saturated carbocycles. The topological polar surface area (TPSA) is 55.4 Å². The van der Waals surface area contributed by atoms with Crippen LogP contribution in [-0.4, -0.2) is 24.0 Å². The van der Waals surface area contributed by atoms with Gasteiger partial charge in [-0.3, -0.25) is 9.59 Å². The van der Waals surface area contributed by atoms with Crippen LogP contribution in [0.4, 0.5) is 0 Å². The number of ketones is 1. The molecule has 1 aromatic carbocycles. The minimum absolute atomic E-state index is 0.0968. The molecule has 0 unspecified atom stereocenters. The number of unbranched alkanes of at least 4 members (excludes halogenated alkanes) is 1. The van der Waals surface area contributed by atoms with Gasteiger partial charge >= 0.3 is 0 Å². The van der Waals surface area contributed by atoms with E-state index in [0.29, 0.717) is 28.3 Å². The second-order valence-corrected chi connectivity index (χ2v) is 6.34. The number of benzene rings is 1. The molecule has 0 spiro atoms. The number of rotatable bonds is 6. The van der Waals surface area contributed by atoms with Crippen molar-refractivity contribution in [1.29, 1.82) is 0 Å². The van der Waals surface area contributed by atoms with E-state index >= 15 is 0 Å². The molecular weight excluding hydrogens is 326 g/mol. The van der Waals surface area contributed by atoms with Gasteiger partial charge in [0.05, 0.1) is 6.61 Å². The highest BCUT2D eigenvalue weighted by atomic mass is 35.5. The van der Waals surface area contributed by atoms with Gasteiger partial charge in [-0.15, -0.1) is 0 Å². The van der Waals surface area contributed by atoms with Crippen molar-refractivity contribution >= 4 is 23.3 Å². The predicted octanol–water partition coefficient (Wildman–Crippen LogP) is 4.06. The predicted molar refractivity (Wildman–Crippen MR) is 95.0 cm³/mol. The summed E-state index contributed by atoms with van der Waals surface area (Å²) >= 11 is 5.87. The Balaban J connectivity index is 2.31. The molecular formula is C19H22ClNO3. The zero-order valence-electron chi connectivity index (χ0n) is 14.2. The van der Waals surface area contributed by atoms with Crippen LogP contribution in [0.15, 0.2) is 47.6 Å². The van der Waals surface area contributed by atoms with Crippen LogP contribution in [0.25, 0.3) is 0 Å². The van der Waals surface area contributed by atoms with Crippen LogP contribution in [0.2, 0.25) is 5.02 Å². The Kier molecular flexibility index (Phi) is 5.97. The fourth-order valence-corrected chi connectivity index (χ4v) is 2.77. The zero-order chi connectivity index (χ0) is 17.7. The van der Waals surface area contributed by atoms with Crippen LogP contribution in [0, 0.1) is 0 Å². The maximum atomic E-state index is 12.7. The number of carbonyl (C=O) groups is 2. The van der Waals surface area contributed by atoms with Gasteiger partial charge < -0.3 is 10.1 Å². The highest BCUT2D eigenvalue weighted by molar-refractivity contribution is 6.30. The van der Waals surface area contributed by atoms with E-state index in [1.54, 1.807) is 38.1 Å². The van der Waals surface area contributed by atoms with Gasteiger partial charge in [0.15, 0.2) is 11.5 Å². The summed E-state index contributed by atoms with van der Waals surface area (Å²) in [6.45, 7) is 6.14. The molecule has 0 saturated heterocycles. The second kappa shape index (κ2) is 7.77. The number of hydrogen-bond acceptors (Lipinski definition) is 3. The van der Waals surface area contributed by atoms with Gasteiger partial charge in [0, 0.05) is 10.6 Å². The zero-order valence-corrected chi connectivity index (χ0v) is 14.9. The van der Waals surface area contributed by atoms with E-state index in [-0.39, 0.29) is 11.7 Å². The van der Waals surface area contributed by atoms with E-state index in [2.05, 4.69) is 12.2 Å². The second-order valence-electron chi connectivity index (χ2n) is 5.90. The summed E-state index contributed by atoms with van der Waals surface area (Å²) in [4.78, 5) is 24.4. The number of hydrogen-bond donors (Lipinski definition) is 1. The number of nitrogens with one attached hydrogen (secondary N) is 1. The highest BCUT2D eigenvalue weighted by Gasteiger charge is 2.39. The monoisotopic (exact) mass is 347 g/mol. The summed E-state index contributed by atoms with van der Waals surface area (Å²) in [6.07, 6.45) is 4.85. The maximum Gasteiger partial charge on any atom is 0.253 e. The van der Waals surface area contributed by atoms with E-state index in [4.69, 9.17) is 16.3 Å². The van der Waals surface area contributed by atoms with Gasteiger partial charge in [0.25, 0.3) is 5.91 Å². The van der Waals surface area contributed by atoms with Gasteiger partial charge in [0.2, 0.25) is 0 Å². The Morgan fingerprint density at radius 2 is 1.75 bits per heavy atom. The maximum absolute atomic E-state index is 12.7. The average molecular weight is 348 g/mol. The fourth-order valence-electron chi connectivity index (χ4n) is 2.65. The number of carbonyl (C=O) groups excluding carboxylic acids is 2. The van der Waals surface area contributed by atoms with Crippen molar-refractivity contribution in [3.63, 3.8) is 0 Å². The fraction of sp³-hybridized carbons (Fsp3) is 0.368. The first kappa shape index (κ1) is 18.4. The lowest BCUT2D eigenvalue weighted by Gasteiger charge is -2.38. The molecule has 0 aromatic heterocycles. The van der Waals surface area contributed by atoms with Crippen LogP contribution in [0.5, 0.6) is 0 Å². The quantitative estimate of drug-likeness (QED) is 0.623. The van der Waals surface area contributed by atoms with E-state index < -0.39 is 5.72 Å². The van der Waals surface area contributed by atoms with Gasteiger partial charge in [0.1, 0.15) is 0 Å². The summed E-state index contributed by atoms with van der Waals surface area (Å²) in [7, 11) is 0. The van der Waals surface area contributed by atoms with E-state index in [1.165, 1.54) is 12.2 Å². The molecule has 1 N–H and O–H groups in total. The number of amides is 1. The first-order chi connectivity index (χ1) is 11.4. The first-order valence-electron chi connectivity index (χ1n) is 8.02. The minimum atomic E-state index is -1.08. The summed E-state index contributed by atoms with van der Waals surface area (Å²) in [5.74, 6) is -0.376. The van der Waals surface area contributed by atoms with Gasteiger partial charge in [-0.05, 0) is 67.8 Å². The number of halogens is 1. The van der Waals surface area contributed by atoms with E-state index in [1.807, 2.05) is 0 Å². The van der Waals surface area contributed by atoms with Crippen molar-refractivity contribution < 1.29 is 14.3 Å². The van der Waals surface area contributed by atoms with E-state index in [9.17, 15) is 9.59 Å². The summed E-state index contributed by atoms with van der Waals surface area (Å²) in [5, 5.41) is 3.52. The first-order valence-corrected chi connectivity index (χ1v) is 8.40. The molecule has 0 aliphatic heterocycles. The van der Waals surface area contributed by atoms with Crippen molar-refractivity contribution in [2.45, 2.75) is 39.3 Å². The Hall–Kier alpha value is -1.91. The highest BCUT2D eigenvalue weighted by Crippen LogP contribution is 2.31. The molecule has 1 aliphatic rings. The number of ether oxygens (including phenoxy) is 1. The average Bonchev–Trinajstić information content (AvgIpc) is 2.53. The molecule has 128 valence electrons. The smallest absolute Gasteiger partial charge is 0.253 e. The van der Waals surface area contributed by atoms with Crippen molar-refractivity contribution in [2.24, 2.45) is 0 Å². The summed E-state index contributed by atoms with van der Waals surface area (Å²) in [5.41, 5.74) is 0.743. The lowest BCUT2D eigenvalue weighted by Crippen LogP contribution is -2.54. The third-order valence-electron chi connectivity index (χ3n) is 4.04. The lowest BCUT2D eigenvalue weighted by atomic mass is 9.89. The summed E-state index contributed by atoms with van der Waals surface area (Å²) in [6, 6.07) is 6.64. The van der Waals surface area contributed by atoms with Crippen molar-refractivity contribution in [1.82, 2.24) is 5.32 Å². The SMILES string of the molecule is CCCCOC1(NC(=O)c2ccc(Cl)cc2)C(C)=CC(=O)C=C1C. The minimum Gasteiger partial charge on any atom is -0.348 e. The van der Waals surface area contributed by atoms with Crippen LogP contribution < -0.4 is 5.32 Å². The number of allylic oxidation sites excluding steroid dienone is 2. The lowest BCUT2D eigenvalue weighted by molar-refractivity contribution is -0.111. The van der Waals surface area contributed by atoms with Crippen LogP contribution in [0.3, 0.4) is 0 Å². The molecule has 5 heteroatoms. The molecule has 0 bridgehead atoms. The third kappa shape index (κ3) is 3.94. The Bertz CT molecular complexity index is 667. The molecule has 1 amide bonds. The Morgan fingerprint density at radius 3 is 2.29 bits per heavy atom. The molecule has 0 heterocycles. The van der Waals surface area contributed by atoms with Crippen LogP contribution in [-0.2, 0) is 9.53 Å². The van der Waals surface area contributed by atoms with Crippen molar-refractivity contribution in [3.8, 4) is 0 Å². The molecule has 0 atom stereocenters. The molecule has 0 radical (unpaired) electrons. The molecule has 0 fully saturated rings. The van der Waals surface area contributed by atoms with Crippen LogP contribution >= 0.6 is 11.6 Å². The molecule has 1 aliphatic carbocycles. The standard InChI is InChI=1S/C19H22ClNO3/c1-4-5-10-24-19(13(2)11-17(22)12-14(19)3)21-18(23)15-6-8-16(20)9-7-15/h6-9,11-12H,4-5,10H2,1-3H3,(H,21,23). The summed E-state index contributed by atoms with van der Waals surface area (Å²) < 4.78 is 6.05. The Morgan fingerprint density at radius 1 is 1.17 bits per heavy atom. The molecule has 1 aromatic rings. The Labute approximate surface area is 147 Å². The molecule has 2 rings (SSSR count). The molecule has 4 nitrogen and oxygen atoms in total. The van der Waals surface area contributed by atoms with Crippen LogP contribution in [0.1, 0.15) is 44.0 Å².